The van der Waals surface area contributed by atoms with Crippen molar-refractivity contribution in [2.24, 2.45) is 17.8 Å². The standard InChI is InChI=1S/C15H24O3S/c1-11(2)14-9-8-12(3)10-15(14)18-19(16,17)13-6-4-5-7-13/h4-7,11-15H,8-10H2,1-3H3/t12-,14+,15-/m1/s1. The van der Waals surface area contributed by atoms with Crippen LogP contribution in [0.25, 0.3) is 0 Å². The van der Waals surface area contributed by atoms with E-state index in [0.29, 0.717) is 17.8 Å². The maximum Gasteiger partial charge on any atom is 0.277 e. The molecule has 2 aliphatic carbocycles. The second kappa shape index (κ2) is 5.80. The molecule has 3 atom stereocenters. The summed E-state index contributed by atoms with van der Waals surface area (Å²) in [6.07, 6.45) is 9.79. The minimum atomic E-state index is -3.52. The van der Waals surface area contributed by atoms with Crippen LogP contribution in [0.2, 0.25) is 0 Å². The Morgan fingerprint density at radius 1 is 1.16 bits per heavy atom. The molecule has 0 saturated heterocycles. The zero-order valence-corrected chi connectivity index (χ0v) is 12.8. The number of allylic oxidation sites excluding steroid dienone is 2. The van der Waals surface area contributed by atoms with Gasteiger partial charge in [-0.1, -0.05) is 51.5 Å². The molecule has 0 aliphatic heterocycles. The smallest absolute Gasteiger partial charge is 0.266 e. The van der Waals surface area contributed by atoms with E-state index in [4.69, 9.17) is 4.18 Å². The molecule has 2 aliphatic rings. The normalized spacial score (nSPS) is 32.3. The predicted octanol–water partition coefficient (Wildman–Crippen LogP) is 3.29. The Hall–Kier alpha value is -0.610. The molecule has 108 valence electrons. The first kappa shape index (κ1) is 14.8. The topological polar surface area (TPSA) is 43.4 Å². The molecule has 0 bridgehead atoms. The molecule has 0 N–H and O–H groups in total. The molecule has 4 heteroatoms. The minimum absolute atomic E-state index is 0.156. The first-order chi connectivity index (χ1) is 8.90. The van der Waals surface area contributed by atoms with Crippen molar-refractivity contribution in [1.82, 2.24) is 0 Å². The van der Waals surface area contributed by atoms with Gasteiger partial charge in [0.2, 0.25) is 0 Å². The maximum absolute atomic E-state index is 12.3. The van der Waals surface area contributed by atoms with E-state index in [1.807, 2.05) is 0 Å². The zero-order valence-electron chi connectivity index (χ0n) is 12.0. The fourth-order valence-corrected chi connectivity index (χ4v) is 4.33. The van der Waals surface area contributed by atoms with Gasteiger partial charge in [0.1, 0.15) is 5.25 Å². The van der Waals surface area contributed by atoms with E-state index in [1.165, 1.54) is 6.42 Å². The van der Waals surface area contributed by atoms with Gasteiger partial charge in [0.15, 0.2) is 0 Å². The van der Waals surface area contributed by atoms with Crippen molar-refractivity contribution in [3.05, 3.63) is 24.3 Å². The maximum atomic E-state index is 12.3. The van der Waals surface area contributed by atoms with E-state index in [-0.39, 0.29) is 6.10 Å². The van der Waals surface area contributed by atoms with Crippen LogP contribution in [-0.2, 0) is 14.3 Å². The number of rotatable bonds is 4. The lowest BCUT2D eigenvalue weighted by Crippen LogP contribution is -2.37. The summed E-state index contributed by atoms with van der Waals surface area (Å²) in [6.45, 7) is 6.48. The number of hydrogen-bond donors (Lipinski definition) is 0. The van der Waals surface area contributed by atoms with Gasteiger partial charge in [-0.15, -0.1) is 0 Å². The summed E-state index contributed by atoms with van der Waals surface area (Å²) in [5.41, 5.74) is 0. The van der Waals surface area contributed by atoms with Crippen molar-refractivity contribution >= 4 is 10.1 Å². The highest BCUT2D eigenvalue weighted by molar-refractivity contribution is 7.87. The van der Waals surface area contributed by atoms with Crippen LogP contribution in [0.3, 0.4) is 0 Å². The van der Waals surface area contributed by atoms with E-state index in [0.717, 1.165) is 12.8 Å². The highest BCUT2D eigenvalue weighted by atomic mass is 32.2. The molecular weight excluding hydrogens is 260 g/mol. The zero-order chi connectivity index (χ0) is 14.0. The first-order valence-corrected chi connectivity index (χ1v) is 8.64. The summed E-state index contributed by atoms with van der Waals surface area (Å²) in [5.74, 6) is 1.35. The van der Waals surface area contributed by atoms with E-state index < -0.39 is 15.4 Å². The van der Waals surface area contributed by atoms with Crippen molar-refractivity contribution in [2.45, 2.75) is 51.4 Å². The molecule has 0 aromatic rings. The van der Waals surface area contributed by atoms with Gasteiger partial charge in [-0.2, -0.15) is 8.42 Å². The van der Waals surface area contributed by atoms with Crippen molar-refractivity contribution < 1.29 is 12.6 Å². The lowest BCUT2D eigenvalue weighted by atomic mass is 9.75. The largest absolute Gasteiger partial charge is 0.277 e. The van der Waals surface area contributed by atoms with Gasteiger partial charge in [0, 0.05) is 0 Å². The summed E-state index contributed by atoms with van der Waals surface area (Å²) < 4.78 is 30.1. The molecule has 0 heterocycles. The molecule has 2 rings (SSSR count). The molecule has 1 saturated carbocycles. The first-order valence-electron chi connectivity index (χ1n) is 7.17. The lowest BCUT2D eigenvalue weighted by molar-refractivity contribution is 0.0509. The molecule has 0 aromatic heterocycles. The molecule has 3 nitrogen and oxygen atoms in total. The van der Waals surface area contributed by atoms with Crippen molar-refractivity contribution in [3.8, 4) is 0 Å². The third kappa shape index (κ3) is 3.48. The lowest BCUT2D eigenvalue weighted by Gasteiger charge is -2.36. The quantitative estimate of drug-likeness (QED) is 0.744. The van der Waals surface area contributed by atoms with Crippen LogP contribution >= 0.6 is 0 Å². The van der Waals surface area contributed by atoms with Crippen LogP contribution < -0.4 is 0 Å². The van der Waals surface area contributed by atoms with Crippen LogP contribution in [0.1, 0.15) is 40.0 Å². The van der Waals surface area contributed by atoms with Crippen molar-refractivity contribution in [1.29, 1.82) is 0 Å². The molecule has 1 fully saturated rings. The van der Waals surface area contributed by atoms with E-state index in [2.05, 4.69) is 20.8 Å². The number of hydrogen-bond acceptors (Lipinski definition) is 3. The second-order valence-corrected chi connectivity index (χ2v) is 7.91. The molecule has 0 radical (unpaired) electrons. The predicted molar refractivity (Wildman–Crippen MR) is 77.2 cm³/mol. The van der Waals surface area contributed by atoms with Gasteiger partial charge in [-0.05, 0) is 30.6 Å². The Labute approximate surface area is 116 Å². The van der Waals surface area contributed by atoms with Gasteiger partial charge in [0.25, 0.3) is 10.1 Å². The Morgan fingerprint density at radius 2 is 1.79 bits per heavy atom. The van der Waals surface area contributed by atoms with E-state index in [9.17, 15) is 8.42 Å². The van der Waals surface area contributed by atoms with E-state index >= 15 is 0 Å². The van der Waals surface area contributed by atoms with Gasteiger partial charge < -0.3 is 0 Å². The van der Waals surface area contributed by atoms with Crippen LogP contribution in [-0.4, -0.2) is 19.8 Å². The summed E-state index contributed by atoms with van der Waals surface area (Å²) in [6, 6.07) is 0. The Balaban J connectivity index is 2.10. The minimum Gasteiger partial charge on any atom is -0.266 e. The fourth-order valence-electron chi connectivity index (χ4n) is 3.07. The van der Waals surface area contributed by atoms with Crippen molar-refractivity contribution in [2.75, 3.05) is 0 Å². The van der Waals surface area contributed by atoms with Crippen LogP contribution in [0.5, 0.6) is 0 Å². The van der Waals surface area contributed by atoms with Gasteiger partial charge in [-0.3, -0.25) is 4.18 Å². The summed E-state index contributed by atoms with van der Waals surface area (Å²) in [5, 5.41) is -0.599. The Kier molecular flexibility index (Phi) is 4.51. The van der Waals surface area contributed by atoms with Gasteiger partial charge >= 0.3 is 0 Å². The average Bonchev–Trinajstić information content (AvgIpc) is 2.81. The molecule has 19 heavy (non-hydrogen) atoms. The van der Waals surface area contributed by atoms with Crippen LogP contribution in [0, 0.1) is 17.8 Å². The molecule has 0 unspecified atom stereocenters. The highest BCUT2D eigenvalue weighted by Gasteiger charge is 2.36. The summed E-state index contributed by atoms with van der Waals surface area (Å²) in [4.78, 5) is 0. The third-order valence-electron chi connectivity index (χ3n) is 4.27. The average molecular weight is 284 g/mol. The van der Waals surface area contributed by atoms with Crippen molar-refractivity contribution in [3.63, 3.8) is 0 Å². The Morgan fingerprint density at radius 3 is 2.37 bits per heavy atom. The third-order valence-corrected chi connectivity index (χ3v) is 5.76. The molecular formula is C15H24O3S. The van der Waals surface area contributed by atoms with Gasteiger partial charge in [0.05, 0.1) is 6.10 Å². The second-order valence-electron chi connectivity index (χ2n) is 6.19. The molecule has 0 amide bonds. The van der Waals surface area contributed by atoms with E-state index in [1.54, 1.807) is 24.3 Å². The molecule has 0 aromatic carbocycles. The summed E-state index contributed by atoms with van der Waals surface area (Å²) in [7, 11) is -3.52. The van der Waals surface area contributed by atoms with Gasteiger partial charge in [-0.25, -0.2) is 0 Å². The van der Waals surface area contributed by atoms with Crippen LogP contribution in [0.4, 0.5) is 0 Å². The highest BCUT2D eigenvalue weighted by Crippen LogP contribution is 2.36. The fraction of sp³-hybridized carbons (Fsp3) is 0.733. The molecule has 0 spiro atoms. The van der Waals surface area contributed by atoms with Crippen LogP contribution in [0.15, 0.2) is 24.3 Å². The summed E-state index contributed by atoms with van der Waals surface area (Å²) >= 11 is 0. The Bertz CT molecular complexity index is 450. The monoisotopic (exact) mass is 284 g/mol. The SMILES string of the molecule is CC(C)[C@@H]1CC[C@@H](C)C[C@H]1OS(=O)(=O)C1C=CC=C1.